The maximum atomic E-state index is 8.54. The van der Waals surface area contributed by atoms with Crippen molar-refractivity contribution < 1.29 is 5.21 Å². The fourth-order valence-electron chi connectivity index (χ4n) is 0.978. The average Bonchev–Trinajstić information content (AvgIpc) is 2.21. The Hall–Kier alpha value is -1.57. The lowest BCUT2D eigenvalue weighted by Crippen LogP contribution is -1.88. The van der Waals surface area contributed by atoms with E-state index in [9.17, 15) is 0 Å². The maximum absolute atomic E-state index is 8.54. The normalized spacial score (nSPS) is 12.2. The van der Waals surface area contributed by atoms with Gasteiger partial charge in [0.25, 0.3) is 0 Å². The summed E-state index contributed by atoms with van der Waals surface area (Å²) in [6.45, 7) is 1.95. The quantitative estimate of drug-likeness (QED) is 0.427. The number of benzene rings is 1. The van der Waals surface area contributed by atoms with E-state index >= 15 is 0 Å². The number of hydrogen-bond acceptors (Lipinski definition) is 2. The van der Waals surface area contributed by atoms with Crippen molar-refractivity contribution in [2.45, 2.75) is 13.3 Å². The van der Waals surface area contributed by atoms with Crippen molar-refractivity contribution in [1.82, 2.24) is 0 Å². The summed E-state index contributed by atoms with van der Waals surface area (Å²) < 4.78 is 0. The third kappa shape index (κ3) is 3.11. The molecule has 0 fully saturated rings. The number of rotatable bonds is 3. The molecule has 0 aromatic heterocycles. The Labute approximate surface area is 78.2 Å². The van der Waals surface area contributed by atoms with E-state index in [1.165, 1.54) is 0 Å². The minimum atomic E-state index is 0.684. The molecule has 0 spiro atoms. The first-order valence-corrected chi connectivity index (χ1v) is 4.31. The lowest BCUT2D eigenvalue weighted by molar-refractivity contribution is 0.318. The molecular weight excluding hydrogens is 162 g/mol. The Morgan fingerprint density at radius 1 is 1.38 bits per heavy atom. The van der Waals surface area contributed by atoms with Gasteiger partial charge in [-0.2, -0.15) is 0 Å². The molecule has 0 amide bonds. The van der Waals surface area contributed by atoms with Crippen molar-refractivity contribution in [3.8, 4) is 0 Å². The van der Waals surface area contributed by atoms with Crippen molar-refractivity contribution >= 4 is 11.8 Å². The summed E-state index contributed by atoms with van der Waals surface area (Å²) in [5, 5.41) is 11.7. The first-order chi connectivity index (χ1) is 6.36. The Morgan fingerprint density at radius 2 is 2.08 bits per heavy atom. The van der Waals surface area contributed by atoms with Gasteiger partial charge >= 0.3 is 0 Å². The zero-order chi connectivity index (χ0) is 9.52. The molecular formula is C11H13NO. The van der Waals surface area contributed by atoms with Crippen molar-refractivity contribution in [2.24, 2.45) is 5.16 Å². The van der Waals surface area contributed by atoms with E-state index in [2.05, 4.69) is 5.16 Å². The van der Waals surface area contributed by atoms with Crippen LogP contribution in [0.4, 0.5) is 0 Å². The van der Waals surface area contributed by atoms with Gasteiger partial charge in [-0.25, -0.2) is 0 Å². The molecule has 0 unspecified atom stereocenters. The van der Waals surface area contributed by atoms with Crippen LogP contribution < -0.4 is 0 Å². The van der Waals surface area contributed by atoms with Gasteiger partial charge in [-0.15, -0.1) is 0 Å². The minimum absolute atomic E-state index is 0.684. The average molecular weight is 175 g/mol. The SMILES string of the molecule is CCC(C=Cc1ccccc1)=NO. The predicted octanol–water partition coefficient (Wildman–Crippen LogP) is 2.94. The zero-order valence-corrected chi connectivity index (χ0v) is 7.64. The molecule has 0 bridgehead atoms. The summed E-state index contributed by atoms with van der Waals surface area (Å²) in [5.41, 5.74) is 1.79. The second-order valence-electron chi connectivity index (χ2n) is 2.69. The van der Waals surface area contributed by atoms with Crippen LogP contribution >= 0.6 is 0 Å². The molecule has 2 nitrogen and oxygen atoms in total. The number of allylic oxidation sites excluding steroid dienone is 1. The van der Waals surface area contributed by atoms with Gasteiger partial charge in [0.15, 0.2) is 0 Å². The van der Waals surface area contributed by atoms with Crippen LogP contribution in [0.5, 0.6) is 0 Å². The molecule has 1 N–H and O–H groups in total. The van der Waals surface area contributed by atoms with Crippen LogP contribution in [0.25, 0.3) is 6.08 Å². The van der Waals surface area contributed by atoms with E-state index in [-0.39, 0.29) is 0 Å². The lowest BCUT2D eigenvalue weighted by atomic mass is 10.2. The van der Waals surface area contributed by atoms with Crippen LogP contribution in [0.2, 0.25) is 0 Å². The van der Waals surface area contributed by atoms with Gasteiger partial charge in [0.1, 0.15) is 0 Å². The first-order valence-electron chi connectivity index (χ1n) is 4.31. The molecule has 0 radical (unpaired) electrons. The Bertz CT molecular complexity index is 301. The predicted molar refractivity (Wildman–Crippen MR) is 55.0 cm³/mol. The molecule has 0 saturated heterocycles. The Morgan fingerprint density at radius 3 is 2.62 bits per heavy atom. The van der Waals surface area contributed by atoms with Crippen LogP contribution in [0.15, 0.2) is 41.6 Å². The van der Waals surface area contributed by atoms with E-state index in [1.54, 1.807) is 0 Å². The van der Waals surface area contributed by atoms with E-state index in [0.717, 1.165) is 12.0 Å². The molecule has 2 heteroatoms. The van der Waals surface area contributed by atoms with Crippen LogP contribution in [0.1, 0.15) is 18.9 Å². The minimum Gasteiger partial charge on any atom is -0.411 e. The fraction of sp³-hybridized carbons (Fsp3) is 0.182. The third-order valence-corrected chi connectivity index (χ3v) is 1.76. The second-order valence-corrected chi connectivity index (χ2v) is 2.69. The summed E-state index contributed by atoms with van der Waals surface area (Å²) in [6, 6.07) is 9.92. The molecule has 1 aromatic rings. The number of hydrogen-bond donors (Lipinski definition) is 1. The largest absolute Gasteiger partial charge is 0.411 e. The smallest absolute Gasteiger partial charge is 0.0793 e. The molecule has 0 heterocycles. The van der Waals surface area contributed by atoms with Crippen LogP contribution in [0.3, 0.4) is 0 Å². The number of oxime groups is 1. The summed E-state index contributed by atoms with van der Waals surface area (Å²) >= 11 is 0. The van der Waals surface area contributed by atoms with Crippen molar-refractivity contribution in [2.75, 3.05) is 0 Å². The standard InChI is InChI=1S/C11H13NO/c1-2-11(12-13)9-8-10-6-4-3-5-7-10/h3-9,13H,2H2,1H3. The summed E-state index contributed by atoms with van der Waals surface area (Å²) in [5.74, 6) is 0. The molecule has 0 aliphatic heterocycles. The van der Waals surface area contributed by atoms with Crippen molar-refractivity contribution in [3.05, 3.63) is 42.0 Å². The van der Waals surface area contributed by atoms with Gasteiger partial charge in [0.05, 0.1) is 5.71 Å². The lowest BCUT2D eigenvalue weighted by Gasteiger charge is -1.92. The van der Waals surface area contributed by atoms with Crippen LogP contribution in [0, 0.1) is 0 Å². The molecule has 68 valence electrons. The maximum Gasteiger partial charge on any atom is 0.0793 e. The van der Waals surface area contributed by atoms with Gasteiger partial charge in [-0.05, 0) is 18.1 Å². The molecule has 0 saturated carbocycles. The van der Waals surface area contributed by atoms with Gasteiger partial charge in [0, 0.05) is 0 Å². The summed E-state index contributed by atoms with van der Waals surface area (Å²) in [6.07, 6.45) is 4.48. The molecule has 0 aliphatic carbocycles. The highest BCUT2D eigenvalue weighted by atomic mass is 16.4. The molecule has 1 aromatic carbocycles. The monoisotopic (exact) mass is 175 g/mol. The third-order valence-electron chi connectivity index (χ3n) is 1.76. The van der Waals surface area contributed by atoms with Gasteiger partial charge in [-0.3, -0.25) is 0 Å². The highest BCUT2D eigenvalue weighted by Gasteiger charge is 1.88. The Kier molecular flexibility index (Phi) is 3.76. The highest BCUT2D eigenvalue weighted by Crippen LogP contribution is 2.01. The van der Waals surface area contributed by atoms with E-state index in [0.29, 0.717) is 5.71 Å². The van der Waals surface area contributed by atoms with Gasteiger partial charge < -0.3 is 5.21 Å². The van der Waals surface area contributed by atoms with Crippen LogP contribution in [-0.2, 0) is 0 Å². The van der Waals surface area contributed by atoms with Crippen molar-refractivity contribution in [1.29, 1.82) is 0 Å². The van der Waals surface area contributed by atoms with Crippen LogP contribution in [-0.4, -0.2) is 10.9 Å². The van der Waals surface area contributed by atoms with E-state index < -0.39 is 0 Å². The zero-order valence-electron chi connectivity index (χ0n) is 7.64. The summed E-state index contributed by atoms with van der Waals surface area (Å²) in [4.78, 5) is 0. The Balaban J connectivity index is 2.69. The fourth-order valence-corrected chi connectivity index (χ4v) is 0.978. The van der Waals surface area contributed by atoms with Gasteiger partial charge in [0.2, 0.25) is 0 Å². The first kappa shape index (κ1) is 9.52. The van der Waals surface area contributed by atoms with Gasteiger partial charge in [-0.1, -0.05) is 48.5 Å². The number of nitrogens with zero attached hydrogens (tertiary/aromatic N) is 1. The van der Waals surface area contributed by atoms with Crippen molar-refractivity contribution in [3.63, 3.8) is 0 Å². The molecule has 0 aliphatic rings. The topological polar surface area (TPSA) is 32.6 Å². The molecule has 13 heavy (non-hydrogen) atoms. The highest BCUT2D eigenvalue weighted by molar-refractivity contribution is 5.97. The second kappa shape index (κ2) is 5.14. The van der Waals surface area contributed by atoms with E-state index in [1.807, 2.05) is 49.4 Å². The summed E-state index contributed by atoms with van der Waals surface area (Å²) in [7, 11) is 0. The molecule has 1 rings (SSSR count). The van der Waals surface area contributed by atoms with E-state index in [4.69, 9.17) is 5.21 Å². The molecule has 0 atom stereocenters.